The Labute approximate surface area is 182 Å². The molecule has 0 aliphatic carbocycles. The van der Waals surface area contributed by atoms with Gasteiger partial charge in [0.2, 0.25) is 5.88 Å². The topological polar surface area (TPSA) is 97.8 Å². The first-order valence-corrected chi connectivity index (χ1v) is 10.3. The van der Waals surface area contributed by atoms with Crippen molar-refractivity contribution in [2.24, 2.45) is 0 Å². The van der Waals surface area contributed by atoms with Crippen molar-refractivity contribution in [3.8, 4) is 22.8 Å². The van der Waals surface area contributed by atoms with Gasteiger partial charge in [0.25, 0.3) is 0 Å². The van der Waals surface area contributed by atoms with Gasteiger partial charge in [0.1, 0.15) is 29.7 Å². The Morgan fingerprint density at radius 2 is 1.87 bits per heavy atom. The average Bonchev–Trinajstić information content (AvgIpc) is 2.74. The van der Waals surface area contributed by atoms with Gasteiger partial charge in [0.15, 0.2) is 16.7 Å². The molecule has 0 spiro atoms. The molecule has 1 atom stereocenters. The first-order chi connectivity index (χ1) is 14.8. The summed E-state index contributed by atoms with van der Waals surface area (Å²) in [5.41, 5.74) is -0.252. The van der Waals surface area contributed by atoms with Gasteiger partial charge in [-0.15, -0.1) is 0 Å². The van der Waals surface area contributed by atoms with Gasteiger partial charge in [0, 0.05) is 23.4 Å². The molecular formula is C20H13ClF2N2O5S. The SMILES string of the molecule is O=C1OCCOc2ncccc2-c2cc(c(F)cc2F)NS(=O)c2cc1cc(Cl)c2O. The van der Waals surface area contributed by atoms with Crippen molar-refractivity contribution >= 4 is 34.2 Å². The van der Waals surface area contributed by atoms with Gasteiger partial charge in [0.05, 0.1) is 16.3 Å². The second-order valence-electron chi connectivity index (χ2n) is 6.33. The molecule has 2 heterocycles. The molecule has 0 saturated heterocycles. The number of hydrogen-bond donors (Lipinski definition) is 2. The van der Waals surface area contributed by atoms with Gasteiger partial charge in [-0.3, -0.25) is 4.72 Å². The molecule has 1 aliphatic rings. The lowest BCUT2D eigenvalue weighted by molar-refractivity contribution is 0.0448. The Bertz CT molecular complexity index is 1220. The fourth-order valence-electron chi connectivity index (χ4n) is 2.89. The number of hydrogen-bond acceptors (Lipinski definition) is 6. The highest BCUT2D eigenvalue weighted by atomic mass is 35.5. The van der Waals surface area contributed by atoms with Gasteiger partial charge < -0.3 is 14.6 Å². The zero-order valence-electron chi connectivity index (χ0n) is 15.5. The number of aromatic nitrogens is 1. The average molecular weight is 467 g/mol. The number of carbonyl (C=O) groups excluding carboxylic acids is 1. The van der Waals surface area contributed by atoms with Gasteiger partial charge in [-0.1, -0.05) is 11.6 Å². The molecule has 160 valence electrons. The molecule has 3 aromatic rings. The number of fused-ring (bicyclic) bond motifs is 6. The Balaban J connectivity index is 1.87. The highest BCUT2D eigenvalue weighted by Gasteiger charge is 2.22. The second-order valence-corrected chi connectivity index (χ2v) is 7.92. The zero-order chi connectivity index (χ0) is 22.1. The Morgan fingerprint density at radius 3 is 2.68 bits per heavy atom. The maximum Gasteiger partial charge on any atom is 0.338 e. The third-order valence-electron chi connectivity index (χ3n) is 4.34. The molecule has 0 fully saturated rings. The molecule has 2 N–H and O–H groups in total. The fraction of sp³-hybridized carbons (Fsp3) is 0.100. The molecular weight excluding hydrogens is 454 g/mol. The number of pyridine rings is 1. The van der Waals surface area contributed by atoms with E-state index in [1.807, 2.05) is 0 Å². The fourth-order valence-corrected chi connectivity index (χ4v) is 4.15. The molecule has 2 aromatic carbocycles. The maximum atomic E-state index is 14.6. The number of aromatic hydroxyl groups is 1. The maximum absolute atomic E-state index is 14.6. The molecule has 0 saturated carbocycles. The number of benzene rings is 2. The van der Waals surface area contributed by atoms with Gasteiger partial charge in [-0.2, -0.15) is 0 Å². The minimum atomic E-state index is -2.26. The van der Waals surface area contributed by atoms with Crippen molar-refractivity contribution in [1.82, 2.24) is 4.98 Å². The van der Waals surface area contributed by atoms with Crippen molar-refractivity contribution < 1.29 is 32.4 Å². The predicted molar refractivity (Wildman–Crippen MR) is 109 cm³/mol. The molecule has 11 heteroatoms. The van der Waals surface area contributed by atoms with E-state index < -0.39 is 34.3 Å². The van der Waals surface area contributed by atoms with Crippen molar-refractivity contribution in [3.63, 3.8) is 0 Å². The van der Waals surface area contributed by atoms with Crippen molar-refractivity contribution in [2.45, 2.75) is 4.90 Å². The summed E-state index contributed by atoms with van der Waals surface area (Å²) in [4.78, 5) is 16.1. The first-order valence-electron chi connectivity index (χ1n) is 8.80. The highest BCUT2D eigenvalue weighted by Crippen LogP contribution is 2.36. The summed E-state index contributed by atoms with van der Waals surface area (Å²) >= 11 is 5.94. The number of nitrogens with zero attached hydrogens (tertiary/aromatic N) is 1. The van der Waals surface area contributed by atoms with Crippen LogP contribution >= 0.6 is 11.6 Å². The first kappa shape index (κ1) is 21.0. The lowest BCUT2D eigenvalue weighted by Crippen LogP contribution is -2.14. The number of anilines is 1. The van der Waals surface area contributed by atoms with E-state index in [4.69, 9.17) is 21.1 Å². The number of carbonyl (C=O) groups is 1. The molecule has 7 nitrogen and oxygen atoms in total. The molecule has 4 rings (SSSR count). The third-order valence-corrected chi connectivity index (χ3v) is 5.74. The number of halogens is 3. The minimum absolute atomic E-state index is 0.0345. The molecule has 1 unspecified atom stereocenters. The minimum Gasteiger partial charge on any atom is -0.505 e. The highest BCUT2D eigenvalue weighted by molar-refractivity contribution is 7.86. The number of phenolic OH excluding ortho intramolecular Hbond substituents is 1. The van der Waals surface area contributed by atoms with Crippen LogP contribution < -0.4 is 9.46 Å². The number of ether oxygens (including phenoxy) is 2. The number of rotatable bonds is 0. The van der Waals surface area contributed by atoms with E-state index in [2.05, 4.69) is 9.71 Å². The summed E-state index contributed by atoms with van der Waals surface area (Å²) < 4.78 is 54.8. The summed E-state index contributed by atoms with van der Waals surface area (Å²) in [7, 11) is -2.26. The normalized spacial score (nSPS) is 16.1. The number of cyclic esters (lactones) is 1. The van der Waals surface area contributed by atoms with E-state index in [-0.39, 0.29) is 51.4 Å². The Kier molecular flexibility index (Phi) is 5.75. The van der Waals surface area contributed by atoms with E-state index in [9.17, 15) is 22.9 Å². The summed E-state index contributed by atoms with van der Waals surface area (Å²) in [5.74, 6) is -3.25. The van der Waals surface area contributed by atoms with Crippen LogP contribution in [-0.2, 0) is 15.7 Å². The molecule has 0 amide bonds. The van der Waals surface area contributed by atoms with Crippen molar-refractivity contribution in [2.75, 3.05) is 17.9 Å². The quantitative estimate of drug-likeness (QED) is 0.485. The molecule has 1 aromatic heterocycles. The van der Waals surface area contributed by atoms with E-state index in [0.717, 1.165) is 18.2 Å². The number of nitrogens with one attached hydrogen (secondary N) is 1. The second kappa shape index (κ2) is 8.48. The standard InChI is InChI=1S/C20H13ClF2N2O5S/c21-13-6-10-7-17(18(13)26)31(28)25-16-8-12(14(22)9-15(16)23)11-2-1-3-24-19(11)29-4-5-30-20(10)27/h1-3,6-9,25-26H,4-5H2. The van der Waals surface area contributed by atoms with Crippen LogP contribution in [0.15, 0.2) is 47.5 Å². The van der Waals surface area contributed by atoms with Gasteiger partial charge in [-0.05, 0) is 30.3 Å². The van der Waals surface area contributed by atoms with Gasteiger partial charge >= 0.3 is 5.97 Å². The van der Waals surface area contributed by atoms with Crippen LogP contribution in [0.1, 0.15) is 10.4 Å². The Hall–Kier alpha value is -3.24. The van der Waals surface area contributed by atoms with Crippen LogP contribution in [0.25, 0.3) is 11.1 Å². The van der Waals surface area contributed by atoms with Crippen molar-refractivity contribution in [1.29, 1.82) is 0 Å². The molecule has 31 heavy (non-hydrogen) atoms. The Morgan fingerprint density at radius 1 is 1.10 bits per heavy atom. The largest absolute Gasteiger partial charge is 0.505 e. The van der Waals surface area contributed by atoms with E-state index >= 15 is 0 Å². The lowest BCUT2D eigenvalue weighted by Gasteiger charge is -2.13. The zero-order valence-corrected chi connectivity index (χ0v) is 17.1. The summed E-state index contributed by atoms with van der Waals surface area (Å²) in [6, 6.07) is 7.03. The van der Waals surface area contributed by atoms with Crippen LogP contribution in [0, 0.1) is 11.6 Å². The van der Waals surface area contributed by atoms with Gasteiger partial charge in [-0.25, -0.2) is 22.8 Å². The van der Waals surface area contributed by atoms with E-state index in [0.29, 0.717) is 6.07 Å². The molecule has 0 radical (unpaired) electrons. The third kappa shape index (κ3) is 4.17. The van der Waals surface area contributed by atoms with Crippen LogP contribution in [-0.4, -0.2) is 33.5 Å². The number of esters is 1. The van der Waals surface area contributed by atoms with Crippen LogP contribution in [0.2, 0.25) is 5.02 Å². The van der Waals surface area contributed by atoms with E-state index in [1.165, 1.54) is 18.3 Å². The predicted octanol–water partition coefficient (Wildman–Crippen LogP) is 4.07. The van der Waals surface area contributed by atoms with Crippen LogP contribution in [0.3, 0.4) is 0 Å². The lowest BCUT2D eigenvalue weighted by atomic mass is 10.1. The summed E-state index contributed by atoms with van der Waals surface area (Å²) in [6.07, 6.45) is 1.42. The van der Waals surface area contributed by atoms with Crippen LogP contribution in [0.4, 0.5) is 14.5 Å². The van der Waals surface area contributed by atoms with Crippen molar-refractivity contribution in [3.05, 3.63) is 64.8 Å². The van der Waals surface area contributed by atoms with E-state index in [1.54, 1.807) is 0 Å². The molecule has 1 aliphatic heterocycles. The number of phenols is 1. The summed E-state index contributed by atoms with van der Waals surface area (Å²) in [6.45, 7) is -0.282. The smallest absolute Gasteiger partial charge is 0.338 e. The van der Waals surface area contributed by atoms with Crippen LogP contribution in [0.5, 0.6) is 11.6 Å². The monoisotopic (exact) mass is 466 g/mol. The summed E-state index contributed by atoms with van der Waals surface area (Å²) in [5, 5.41) is 9.93. The molecule has 4 bridgehead atoms.